The van der Waals surface area contributed by atoms with Crippen molar-refractivity contribution in [1.29, 1.82) is 5.26 Å². The van der Waals surface area contributed by atoms with Crippen LogP contribution in [0.3, 0.4) is 0 Å². The summed E-state index contributed by atoms with van der Waals surface area (Å²) < 4.78 is 5.72. The molecule has 1 atom stereocenters. The molecule has 0 unspecified atom stereocenters. The van der Waals surface area contributed by atoms with Gasteiger partial charge in [-0.15, -0.1) is 0 Å². The smallest absolute Gasteiger partial charge is 0.249 e. The van der Waals surface area contributed by atoms with Crippen molar-refractivity contribution in [2.24, 2.45) is 5.92 Å². The van der Waals surface area contributed by atoms with E-state index in [1.54, 1.807) is 12.1 Å². The second-order valence-corrected chi connectivity index (χ2v) is 6.86. The first kappa shape index (κ1) is 17.7. The van der Waals surface area contributed by atoms with Gasteiger partial charge in [-0.2, -0.15) is 5.26 Å². The molecule has 2 fully saturated rings. The Kier molecular flexibility index (Phi) is 5.90. The van der Waals surface area contributed by atoms with E-state index in [1.165, 1.54) is 0 Å². The number of piperidine rings is 1. The Hall–Kier alpha value is -2.10. The molecule has 2 N–H and O–H groups in total. The number of likely N-dealkylation sites (tertiary alicyclic amines) is 1. The third kappa shape index (κ3) is 4.94. The molecule has 1 amide bonds. The highest BCUT2D eigenvalue weighted by atomic mass is 16.5. The fraction of sp³-hybridized carbons (Fsp3) is 0.579. The Morgan fingerprint density at radius 2 is 2.04 bits per heavy atom. The lowest BCUT2D eigenvalue weighted by Crippen LogP contribution is -2.45. The highest BCUT2D eigenvalue weighted by Crippen LogP contribution is 2.23. The maximum Gasteiger partial charge on any atom is 0.249 e. The maximum atomic E-state index is 11.9. The van der Waals surface area contributed by atoms with Gasteiger partial charge in [-0.1, -0.05) is 12.1 Å². The summed E-state index contributed by atoms with van der Waals surface area (Å²) in [6, 6.07) is 9.64. The molecule has 134 valence electrons. The number of hydrogen-bond donors (Lipinski definition) is 2. The molecular formula is C19H25N3O3. The van der Waals surface area contributed by atoms with E-state index in [-0.39, 0.29) is 17.9 Å². The number of carbonyl (C=O) groups excluding carboxylic acids is 1. The Bertz CT molecular complexity index is 631. The summed E-state index contributed by atoms with van der Waals surface area (Å²) in [5.74, 6) is 0.444. The van der Waals surface area contributed by atoms with E-state index in [0.717, 1.165) is 45.3 Å². The van der Waals surface area contributed by atoms with E-state index in [9.17, 15) is 9.90 Å². The highest BCUT2D eigenvalue weighted by molar-refractivity contribution is 5.81. The van der Waals surface area contributed by atoms with Crippen molar-refractivity contribution in [3.8, 4) is 11.8 Å². The van der Waals surface area contributed by atoms with Crippen molar-refractivity contribution < 1.29 is 14.6 Å². The van der Waals surface area contributed by atoms with E-state index < -0.39 is 6.10 Å². The van der Waals surface area contributed by atoms with Crippen LogP contribution in [0.2, 0.25) is 0 Å². The van der Waals surface area contributed by atoms with Crippen LogP contribution in [0.5, 0.6) is 5.75 Å². The lowest BCUT2D eigenvalue weighted by molar-refractivity contribution is -0.133. The monoisotopic (exact) mass is 343 g/mol. The van der Waals surface area contributed by atoms with Crippen LogP contribution >= 0.6 is 0 Å². The number of aliphatic hydroxyl groups excluding tert-OH is 1. The standard InChI is InChI=1S/C19H25N3O3/c20-13-15-3-1-2-4-17(15)25-12-11-22-9-7-14(8-10-22)18(23)19(24)21-16-5-6-16/h1-4,14,16,18,23H,5-12H2,(H,21,24)/t18-/m1/s1. The number of amides is 1. The zero-order valence-electron chi connectivity index (χ0n) is 14.4. The van der Waals surface area contributed by atoms with Crippen molar-refractivity contribution in [1.82, 2.24) is 10.2 Å². The number of hydrogen-bond acceptors (Lipinski definition) is 5. The molecule has 0 spiro atoms. The number of benzene rings is 1. The number of para-hydroxylation sites is 1. The minimum absolute atomic E-state index is 0.0373. The average molecular weight is 343 g/mol. The van der Waals surface area contributed by atoms with Gasteiger partial charge in [-0.05, 0) is 56.8 Å². The fourth-order valence-corrected chi connectivity index (χ4v) is 3.19. The van der Waals surface area contributed by atoms with Gasteiger partial charge in [-0.25, -0.2) is 0 Å². The topological polar surface area (TPSA) is 85.6 Å². The Morgan fingerprint density at radius 1 is 1.32 bits per heavy atom. The lowest BCUT2D eigenvalue weighted by Gasteiger charge is -2.33. The molecule has 1 aromatic carbocycles. The van der Waals surface area contributed by atoms with Gasteiger partial charge in [0.05, 0.1) is 5.56 Å². The molecule has 6 heteroatoms. The first-order valence-corrected chi connectivity index (χ1v) is 9.00. The van der Waals surface area contributed by atoms with E-state index >= 15 is 0 Å². The van der Waals surface area contributed by atoms with Gasteiger partial charge in [0.25, 0.3) is 0 Å². The number of nitrogens with one attached hydrogen (secondary N) is 1. The molecule has 1 aliphatic heterocycles. The van der Waals surface area contributed by atoms with Crippen molar-refractivity contribution in [2.45, 2.75) is 37.8 Å². The van der Waals surface area contributed by atoms with Crippen molar-refractivity contribution in [2.75, 3.05) is 26.2 Å². The molecule has 1 saturated carbocycles. The predicted molar refractivity (Wildman–Crippen MR) is 93.0 cm³/mol. The molecule has 0 bridgehead atoms. The second-order valence-electron chi connectivity index (χ2n) is 6.86. The van der Waals surface area contributed by atoms with Crippen LogP contribution in [0.15, 0.2) is 24.3 Å². The molecular weight excluding hydrogens is 318 g/mol. The quantitative estimate of drug-likeness (QED) is 0.779. The van der Waals surface area contributed by atoms with Crippen LogP contribution in [0.25, 0.3) is 0 Å². The summed E-state index contributed by atoms with van der Waals surface area (Å²) in [5.41, 5.74) is 0.547. The van der Waals surface area contributed by atoms with E-state index in [0.29, 0.717) is 17.9 Å². The summed E-state index contributed by atoms with van der Waals surface area (Å²) in [4.78, 5) is 14.2. The zero-order valence-corrected chi connectivity index (χ0v) is 14.4. The number of rotatable bonds is 7. The largest absolute Gasteiger partial charge is 0.491 e. The Labute approximate surface area is 148 Å². The van der Waals surface area contributed by atoms with Crippen molar-refractivity contribution in [3.63, 3.8) is 0 Å². The van der Waals surface area contributed by atoms with Crippen LogP contribution in [-0.2, 0) is 4.79 Å². The van der Waals surface area contributed by atoms with Gasteiger partial charge in [0.1, 0.15) is 24.5 Å². The maximum absolute atomic E-state index is 11.9. The van der Waals surface area contributed by atoms with E-state index in [2.05, 4.69) is 16.3 Å². The minimum Gasteiger partial charge on any atom is -0.491 e. The minimum atomic E-state index is -0.887. The molecule has 0 aromatic heterocycles. The van der Waals surface area contributed by atoms with Crippen molar-refractivity contribution >= 4 is 5.91 Å². The summed E-state index contributed by atoms with van der Waals surface area (Å²) in [6.07, 6.45) is 2.81. The van der Waals surface area contributed by atoms with Crippen LogP contribution in [0.1, 0.15) is 31.2 Å². The normalized spacial score (nSPS) is 19.8. The molecule has 3 rings (SSSR count). The zero-order chi connectivity index (χ0) is 17.6. The highest BCUT2D eigenvalue weighted by Gasteiger charge is 2.32. The van der Waals surface area contributed by atoms with Crippen molar-refractivity contribution in [3.05, 3.63) is 29.8 Å². The first-order chi connectivity index (χ1) is 12.2. The van der Waals surface area contributed by atoms with Gasteiger partial charge in [-0.3, -0.25) is 9.69 Å². The molecule has 1 heterocycles. The molecule has 2 aliphatic rings. The molecule has 1 saturated heterocycles. The summed E-state index contributed by atoms with van der Waals surface area (Å²) in [5, 5.41) is 22.1. The third-order valence-electron chi connectivity index (χ3n) is 4.94. The Balaban J connectivity index is 1.37. The second kappa shape index (κ2) is 8.32. The summed E-state index contributed by atoms with van der Waals surface area (Å²) >= 11 is 0. The average Bonchev–Trinajstić information content (AvgIpc) is 3.46. The number of ether oxygens (including phenoxy) is 1. The number of carbonyl (C=O) groups is 1. The van der Waals surface area contributed by atoms with Gasteiger partial charge in [0.15, 0.2) is 0 Å². The molecule has 1 aromatic rings. The number of nitriles is 1. The third-order valence-corrected chi connectivity index (χ3v) is 4.94. The van der Waals surface area contributed by atoms with E-state index in [4.69, 9.17) is 10.00 Å². The summed E-state index contributed by atoms with van der Waals surface area (Å²) in [6.45, 7) is 2.99. The SMILES string of the molecule is N#Cc1ccccc1OCCN1CCC([C@@H](O)C(=O)NC2CC2)CC1. The lowest BCUT2D eigenvalue weighted by atomic mass is 9.90. The predicted octanol–water partition coefficient (Wildman–Crippen LogP) is 1.29. The van der Waals surface area contributed by atoms with Gasteiger partial charge in [0, 0.05) is 12.6 Å². The van der Waals surface area contributed by atoms with E-state index in [1.807, 2.05) is 12.1 Å². The van der Waals surface area contributed by atoms with Crippen LogP contribution < -0.4 is 10.1 Å². The molecule has 25 heavy (non-hydrogen) atoms. The molecule has 6 nitrogen and oxygen atoms in total. The van der Waals surface area contributed by atoms with Crippen LogP contribution in [0, 0.1) is 17.2 Å². The summed E-state index contributed by atoms with van der Waals surface area (Å²) in [7, 11) is 0. The first-order valence-electron chi connectivity index (χ1n) is 9.00. The van der Waals surface area contributed by atoms with Crippen LogP contribution in [0.4, 0.5) is 0 Å². The van der Waals surface area contributed by atoms with Gasteiger partial charge < -0.3 is 15.2 Å². The van der Waals surface area contributed by atoms with Gasteiger partial charge in [0.2, 0.25) is 5.91 Å². The fourth-order valence-electron chi connectivity index (χ4n) is 3.19. The molecule has 1 aliphatic carbocycles. The number of nitrogens with zero attached hydrogens (tertiary/aromatic N) is 2. The molecule has 0 radical (unpaired) electrons. The van der Waals surface area contributed by atoms with Gasteiger partial charge >= 0.3 is 0 Å². The van der Waals surface area contributed by atoms with Crippen LogP contribution in [-0.4, -0.2) is 54.3 Å². The Morgan fingerprint density at radius 3 is 2.72 bits per heavy atom. The number of aliphatic hydroxyl groups is 1.